The third-order valence-corrected chi connectivity index (χ3v) is 5.22. The minimum atomic E-state index is -0.263. The van der Waals surface area contributed by atoms with E-state index < -0.39 is 0 Å². The van der Waals surface area contributed by atoms with Crippen LogP contribution in [0.5, 0.6) is 0 Å². The summed E-state index contributed by atoms with van der Waals surface area (Å²) >= 11 is 0. The Balaban J connectivity index is 1.43. The highest BCUT2D eigenvalue weighted by molar-refractivity contribution is 5.81. The van der Waals surface area contributed by atoms with Crippen molar-refractivity contribution in [3.63, 3.8) is 0 Å². The van der Waals surface area contributed by atoms with Gasteiger partial charge in [-0.25, -0.2) is 15.0 Å². The molecular formula is C20H23N5O3. The van der Waals surface area contributed by atoms with Crippen molar-refractivity contribution in [2.45, 2.75) is 32.6 Å². The normalized spacial score (nSPS) is 21.4. The van der Waals surface area contributed by atoms with E-state index in [2.05, 4.69) is 15.0 Å². The molecule has 1 aromatic carbocycles. The zero-order valence-corrected chi connectivity index (χ0v) is 15.7. The quantitative estimate of drug-likeness (QED) is 0.625. The smallest absolute Gasteiger partial charge is 0.302 e. The molecule has 0 spiro atoms. The van der Waals surface area contributed by atoms with Crippen molar-refractivity contribution in [3.05, 3.63) is 48.5 Å². The summed E-state index contributed by atoms with van der Waals surface area (Å²) in [5, 5.41) is 0. The van der Waals surface area contributed by atoms with E-state index in [1.807, 2.05) is 34.9 Å². The summed E-state index contributed by atoms with van der Waals surface area (Å²) < 4.78 is 13.4. The van der Waals surface area contributed by atoms with E-state index >= 15 is 0 Å². The predicted octanol–water partition coefficient (Wildman–Crippen LogP) is 2.19. The van der Waals surface area contributed by atoms with Gasteiger partial charge >= 0.3 is 5.97 Å². The monoisotopic (exact) mass is 381 g/mol. The highest BCUT2D eigenvalue weighted by Crippen LogP contribution is 2.39. The summed E-state index contributed by atoms with van der Waals surface area (Å²) in [5.74, 6) is 0.523. The Labute approximate surface area is 162 Å². The molecule has 28 heavy (non-hydrogen) atoms. The number of rotatable bonds is 7. The van der Waals surface area contributed by atoms with E-state index in [9.17, 15) is 4.79 Å². The number of carbonyl (C=O) groups is 1. The fraction of sp³-hybridized carbons (Fsp3) is 0.400. The van der Waals surface area contributed by atoms with Crippen molar-refractivity contribution in [1.29, 1.82) is 0 Å². The first-order chi connectivity index (χ1) is 13.6. The highest BCUT2D eigenvalue weighted by atomic mass is 16.5. The van der Waals surface area contributed by atoms with Crippen molar-refractivity contribution in [2.75, 3.05) is 12.3 Å². The van der Waals surface area contributed by atoms with Gasteiger partial charge < -0.3 is 19.8 Å². The molecule has 0 bridgehead atoms. The first kappa shape index (κ1) is 18.4. The number of carbonyl (C=O) groups excluding carboxylic acids is 1. The number of esters is 1. The lowest BCUT2D eigenvalue weighted by atomic mass is 9.71. The number of nitrogens with two attached hydrogens (primary N) is 1. The molecule has 1 aliphatic rings. The molecule has 3 atom stereocenters. The molecule has 3 aromatic rings. The van der Waals surface area contributed by atoms with Crippen LogP contribution in [0.15, 0.2) is 43.0 Å². The molecule has 1 fully saturated rings. The fourth-order valence-corrected chi connectivity index (χ4v) is 3.72. The third-order valence-electron chi connectivity index (χ3n) is 5.22. The number of aromatic nitrogens is 4. The van der Waals surface area contributed by atoms with Crippen LogP contribution in [0.25, 0.3) is 11.2 Å². The average Bonchev–Trinajstić information content (AvgIpc) is 3.10. The Kier molecular flexibility index (Phi) is 5.21. The number of ether oxygens (including phenoxy) is 2. The number of hydrogen-bond acceptors (Lipinski definition) is 7. The van der Waals surface area contributed by atoms with Gasteiger partial charge in [-0.3, -0.25) is 4.79 Å². The van der Waals surface area contributed by atoms with Gasteiger partial charge in [-0.2, -0.15) is 0 Å². The summed E-state index contributed by atoms with van der Waals surface area (Å²) in [6.07, 6.45) is 3.81. The standard InChI is InChI=1S/C20H23N5O3/c1-13(26)28-17-7-15(10-27-9-14-5-3-2-4-6-14)16(17)8-25-12-24-18-19(21)22-11-23-20(18)25/h2-6,11-12,15-17H,7-10H2,1H3,(H2,21,22,23)/t15-,16+,17+/m0/s1. The maximum Gasteiger partial charge on any atom is 0.302 e. The molecule has 8 nitrogen and oxygen atoms in total. The third kappa shape index (κ3) is 3.82. The number of imidazole rings is 1. The van der Waals surface area contributed by atoms with Gasteiger partial charge in [-0.15, -0.1) is 0 Å². The van der Waals surface area contributed by atoms with E-state index in [-0.39, 0.29) is 18.0 Å². The average molecular weight is 381 g/mol. The van der Waals surface area contributed by atoms with E-state index in [4.69, 9.17) is 15.2 Å². The van der Waals surface area contributed by atoms with Gasteiger partial charge in [0.1, 0.15) is 17.9 Å². The fourth-order valence-electron chi connectivity index (χ4n) is 3.72. The molecule has 1 aliphatic carbocycles. The second-order valence-corrected chi connectivity index (χ2v) is 7.14. The molecule has 0 amide bonds. The number of fused-ring (bicyclic) bond motifs is 1. The Morgan fingerprint density at radius 1 is 1.25 bits per heavy atom. The molecule has 2 N–H and O–H groups in total. The van der Waals surface area contributed by atoms with Crippen LogP contribution in [0.4, 0.5) is 5.82 Å². The van der Waals surface area contributed by atoms with Crippen molar-refractivity contribution >= 4 is 23.0 Å². The second-order valence-electron chi connectivity index (χ2n) is 7.14. The van der Waals surface area contributed by atoms with Crippen LogP contribution < -0.4 is 5.73 Å². The summed E-state index contributed by atoms with van der Waals surface area (Å²) in [4.78, 5) is 24.0. The van der Waals surface area contributed by atoms with Crippen LogP contribution in [0, 0.1) is 11.8 Å². The number of anilines is 1. The van der Waals surface area contributed by atoms with E-state index in [0.717, 1.165) is 12.0 Å². The van der Waals surface area contributed by atoms with Crippen molar-refractivity contribution in [2.24, 2.45) is 11.8 Å². The number of benzene rings is 1. The molecule has 146 valence electrons. The molecule has 0 saturated heterocycles. The van der Waals surface area contributed by atoms with E-state index in [1.165, 1.54) is 13.3 Å². The van der Waals surface area contributed by atoms with Gasteiger partial charge in [0.15, 0.2) is 11.5 Å². The molecule has 1 saturated carbocycles. The van der Waals surface area contributed by atoms with Gasteiger partial charge in [0, 0.05) is 19.4 Å². The Hall–Kier alpha value is -3.00. The number of nitrogen functional groups attached to an aromatic ring is 1. The zero-order valence-electron chi connectivity index (χ0n) is 15.7. The minimum absolute atomic E-state index is 0.126. The molecule has 0 radical (unpaired) electrons. The Bertz CT molecular complexity index is 959. The van der Waals surface area contributed by atoms with Crippen LogP contribution in [-0.2, 0) is 27.4 Å². The number of hydrogen-bond donors (Lipinski definition) is 1. The first-order valence-electron chi connectivity index (χ1n) is 9.32. The topological polar surface area (TPSA) is 105 Å². The largest absolute Gasteiger partial charge is 0.462 e. The summed E-state index contributed by atoms with van der Waals surface area (Å²) in [6, 6.07) is 10.1. The molecular weight excluding hydrogens is 358 g/mol. The Morgan fingerprint density at radius 3 is 2.86 bits per heavy atom. The van der Waals surface area contributed by atoms with Crippen LogP contribution in [-0.4, -0.2) is 38.2 Å². The summed E-state index contributed by atoms with van der Waals surface area (Å²) in [5.41, 5.74) is 8.28. The van der Waals surface area contributed by atoms with Gasteiger partial charge in [-0.1, -0.05) is 30.3 Å². The molecule has 4 rings (SSSR count). The minimum Gasteiger partial charge on any atom is -0.462 e. The van der Waals surface area contributed by atoms with Gasteiger partial charge in [0.25, 0.3) is 0 Å². The zero-order chi connectivity index (χ0) is 19.5. The van der Waals surface area contributed by atoms with E-state index in [1.54, 1.807) is 6.33 Å². The summed E-state index contributed by atoms with van der Waals surface area (Å²) in [7, 11) is 0. The molecule has 2 aromatic heterocycles. The van der Waals surface area contributed by atoms with Gasteiger partial charge in [0.2, 0.25) is 0 Å². The van der Waals surface area contributed by atoms with Crippen molar-refractivity contribution in [3.8, 4) is 0 Å². The predicted molar refractivity (Wildman–Crippen MR) is 103 cm³/mol. The molecule has 8 heteroatoms. The maximum absolute atomic E-state index is 11.4. The van der Waals surface area contributed by atoms with Crippen LogP contribution >= 0.6 is 0 Å². The molecule has 2 heterocycles. The lowest BCUT2D eigenvalue weighted by Gasteiger charge is -2.43. The van der Waals surface area contributed by atoms with Crippen molar-refractivity contribution < 1.29 is 14.3 Å². The van der Waals surface area contributed by atoms with Crippen LogP contribution in [0.1, 0.15) is 18.9 Å². The summed E-state index contributed by atoms with van der Waals surface area (Å²) in [6.45, 7) is 3.25. The lowest BCUT2D eigenvalue weighted by molar-refractivity contribution is -0.165. The highest BCUT2D eigenvalue weighted by Gasteiger charge is 2.43. The van der Waals surface area contributed by atoms with Crippen molar-refractivity contribution in [1.82, 2.24) is 19.5 Å². The Morgan fingerprint density at radius 2 is 2.07 bits per heavy atom. The SMILES string of the molecule is CC(=O)O[C@@H]1C[C@@H](COCc2ccccc2)[C@H]1Cn1cnc2c(N)ncnc21. The second kappa shape index (κ2) is 7.93. The molecule has 0 aliphatic heterocycles. The molecule has 0 unspecified atom stereocenters. The first-order valence-corrected chi connectivity index (χ1v) is 9.32. The van der Waals surface area contributed by atoms with Crippen LogP contribution in [0.2, 0.25) is 0 Å². The van der Waals surface area contributed by atoms with Crippen LogP contribution in [0.3, 0.4) is 0 Å². The number of nitrogens with zero attached hydrogens (tertiary/aromatic N) is 4. The van der Waals surface area contributed by atoms with Gasteiger partial charge in [0.05, 0.1) is 19.5 Å². The lowest BCUT2D eigenvalue weighted by Crippen LogP contribution is -2.48. The van der Waals surface area contributed by atoms with E-state index in [0.29, 0.717) is 42.7 Å². The maximum atomic E-state index is 11.4. The van der Waals surface area contributed by atoms with Gasteiger partial charge in [-0.05, 0) is 17.9 Å².